The van der Waals surface area contributed by atoms with Crippen molar-refractivity contribution in [2.45, 2.75) is 24.8 Å². The van der Waals surface area contributed by atoms with Crippen LogP contribution in [0.15, 0.2) is 52.2 Å². The Labute approximate surface area is 190 Å². The number of para-hydroxylation sites is 1. The van der Waals surface area contributed by atoms with Crippen molar-refractivity contribution < 1.29 is 17.9 Å². The molecular weight excluding hydrogens is 450 g/mol. The van der Waals surface area contributed by atoms with Crippen LogP contribution in [-0.2, 0) is 16.6 Å². The number of hydrogen-bond acceptors (Lipinski definition) is 6. The van der Waals surface area contributed by atoms with E-state index in [2.05, 4.69) is 0 Å². The first-order valence-corrected chi connectivity index (χ1v) is 12.7. The average molecular weight is 476 g/mol. The molecule has 0 N–H and O–H groups in total. The SMILES string of the molecule is CCCn1c(=O)sc2cc(S(=O)(=O)N3CCN(C(=O)c4ccccc4OC)CC3)ccc21. The van der Waals surface area contributed by atoms with E-state index in [4.69, 9.17) is 4.74 Å². The van der Waals surface area contributed by atoms with E-state index >= 15 is 0 Å². The molecule has 0 unspecified atom stereocenters. The van der Waals surface area contributed by atoms with Gasteiger partial charge in [0.2, 0.25) is 10.0 Å². The van der Waals surface area contributed by atoms with E-state index in [1.165, 1.54) is 11.4 Å². The first kappa shape index (κ1) is 22.5. The molecule has 32 heavy (non-hydrogen) atoms. The fourth-order valence-electron chi connectivity index (χ4n) is 3.91. The standard InChI is InChI=1S/C22H25N3O5S2/c1-3-10-25-18-9-8-16(15-20(18)31-22(25)27)32(28,29)24-13-11-23(12-14-24)21(26)17-6-4-5-7-19(17)30-2/h4-9,15H,3,10-14H2,1-2H3. The van der Waals surface area contributed by atoms with Crippen molar-refractivity contribution in [3.63, 3.8) is 0 Å². The lowest BCUT2D eigenvalue weighted by molar-refractivity contribution is 0.0694. The van der Waals surface area contributed by atoms with E-state index in [-0.39, 0.29) is 28.8 Å². The summed E-state index contributed by atoms with van der Waals surface area (Å²) in [5.74, 6) is 0.317. The Morgan fingerprint density at radius 1 is 1.09 bits per heavy atom. The summed E-state index contributed by atoms with van der Waals surface area (Å²) in [6.45, 7) is 3.58. The maximum atomic E-state index is 13.2. The van der Waals surface area contributed by atoms with Crippen LogP contribution in [-0.4, -0.2) is 61.4 Å². The van der Waals surface area contributed by atoms with Crippen LogP contribution < -0.4 is 9.61 Å². The highest BCUT2D eigenvalue weighted by molar-refractivity contribution is 7.89. The minimum absolute atomic E-state index is 0.0835. The minimum atomic E-state index is -3.73. The molecule has 10 heteroatoms. The number of carbonyl (C=O) groups is 1. The summed E-state index contributed by atoms with van der Waals surface area (Å²) in [6, 6.07) is 11.8. The molecule has 2 heterocycles. The number of piperazine rings is 1. The Morgan fingerprint density at radius 2 is 1.81 bits per heavy atom. The second kappa shape index (κ2) is 9.05. The summed E-state index contributed by atoms with van der Waals surface area (Å²) in [4.78, 5) is 26.8. The molecular formula is C22H25N3O5S2. The van der Waals surface area contributed by atoms with Gasteiger partial charge in [0, 0.05) is 32.7 Å². The van der Waals surface area contributed by atoms with Crippen LogP contribution in [0.4, 0.5) is 0 Å². The number of fused-ring (bicyclic) bond motifs is 1. The lowest BCUT2D eigenvalue weighted by Gasteiger charge is -2.34. The van der Waals surface area contributed by atoms with Crippen LogP contribution in [0.5, 0.6) is 5.75 Å². The molecule has 8 nitrogen and oxygen atoms in total. The zero-order valence-electron chi connectivity index (χ0n) is 18.0. The van der Waals surface area contributed by atoms with Gasteiger partial charge in [0.1, 0.15) is 5.75 Å². The number of carbonyl (C=O) groups excluding carboxylic acids is 1. The van der Waals surface area contributed by atoms with E-state index in [1.807, 2.05) is 6.92 Å². The number of hydrogen-bond donors (Lipinski definition) is 0. The Morgan fingerprint density at radius 3 is 2.50 bits per heavy atom. The largest absolute Gasteiger partial charge is 0.496 e. The Bertz CT molecular complexity index is 1300. The third-order valence-electron chi connectivity index (χ3n) is 5.59. The summed E-state index contributed by atoms with van der Waals surface area (Å²) in [7, 11) is -2.22. The van der Waals surface area contributed by atoms with Crippen LogP contribution in [0.3, 0.4) is 0 Å². The molecule has 0 radical (unpaired) electrons. The van der Waals surface area contributed by atoms with E-state index in [1.54, 1.807) is 51.9 Å². The molecule has 170 valence electrons. The first-order chi connectivity index (χ1) is 15.4. The van der Waals surface area contributed by atoms with Crippen LogP contribution in [0, 0.1) is 0 Å². The van der Waals surface area contributed by atoms with Crippen molar-refractivity contribution in [3.05, 3.63) is 57.7 Å². The lowest BCUT2D eigenvalue weighted by atomic mass is 10.1. The molecule has 1 saturated heterocycles. The number of benzene rings is 2. The van der Waals surface area contributed by atoms with Crippen molar-refractivity contribution >= 4 is 37.5 Å². The molecule has 1 aliphatic heterocycles. The number of aryl methyl sites for hydroxylation is 1. The number of thiazole rings is 1. The highest BCUT2D eigenvalue weighted by atomic mass is 32.2. The predicted octanol–water partition coefficient (Wildman–Crippen LogP) is 2.63. The maximum Gasteiger partial charge on any atom is 0.308 e. The molecule has 0 atom stereocenters. The molecule has 0 saturated carbocycles. The molecule has 1 fully saturated rings. The van der Waals surface area contributed by atoms with Gasteiger partial charge in [-0.15, -0.1) is 0 Å². The van der Waals surface area contributed by atoms with Gasteiger partial charge < -0.3 is 9.64 Å². The number of amides is 1. The molecule has 1 aliphatic rings. The monoisotopic (exact) mass is 475 g/mol. The lowest BCUT2D eigenvalue weighted by Crippen LogP contribution is -2.50. The number of methoxy groups -OCH3 is 1. The van der Waals surface area contributed by atoms with Gasteiger partial charge in [-0.25, -0.2) is 8.42 Å². The molecule has 1 amide bonds. The second-order valence-electron chi connectivity index (χ2n) is 7.55. The second-order valence-corrected chi connectivity index (χ2v) is 10.5. The third-order valence-corrected chi connectivity index (χ3v) is 8.42. The van der Waals surface area contributed by atoms with E-state index in [0.29, 0.717) is 35.6 Å². The summed E-state index contributed by atoms with van der Waals surface area (Å²) < 4.78 is 35.4. The fraction of sp³-hybridized carbons (Fsp3) is 0.364. The molecule has 0 aliphatic carbocycles. The Kier molecular flexibility index (Phi) is 6.36. The predicted molar refractivity (Wildman–Crippen MR) is 124 cm³/mol. The van der Waals surface area contributed by atoms with Crippen LogP contribution in [0.25, 0.3) is 10.2 Å². The zero-order chi connectivity index (χ0) is 22.9. The van der Waals surface area contributed by atoms with Crippen molar-refractivity contribution in [2.75, 3.05) is 33.3 Å². The number of rotatable bonds is 6. The number of ether oxygens (including phenoxy) is 1. The fourth-order valence-corrected chi connectivity index (χ4v) is 6.39. The van der Waals surface area contributed by atoms with Gasteiger partial charge in [0.25, 0.3) is 5.91 Å². The first-order valence-electron chi connectivity index (χ1n) is 10.4. The smallest absolute Gasteiger partial charge is 0.308 e. The molecule has 1 aromatic heterocycles. The normalized spacial score (nSPS) is 15.2. The third kappa shape index (κ3) is 4.05. The van der Waals surface area contributed by atoms with Crippen molar-refractivity contribution in [2.24, 2.45) is 0 Å². The topological polar surface area (TPSA) is 88.9 Å². The van der Waals surface area contributed by atoms with Crippen molar-refractivity contribution in [1.82, 2.24) is 13.8 Å². The Hall–Kier alpha value is -2.69. The van der Waals surface area contributed by atoms with Gasteiger partial charge in [-0.3, -0.25) is 14.2 Å². The van der Waals surface area contributed by atoms with E-state index < -0.39 is 10.0 Å². The summed E-state index contributed by atoms with van der Waals surface area (Å²) in [5.41, 5.74) is 1.22. The van der Waals surface area contributed by atoms with Crippen LogP contribution in [0.1, 0.15) is 23.7 Å². The van der Waals surface area contributed by atoms with Gasteiger partial charge in [-0.1, -0.05) is 30.4 Å². The number of nitrogens with zero attached hydrogens (tertiary/aromatic N) is 3. The van der Waals surface area contributed by atoms with Crippen molar-refractivity contribution in [1.29, 1.82) is 0 Å². The molecule has 2 aromatic carbocycles. The highest BCUT2D eigenvalue weighted by Gasteiger charge is 2.31. The summed E-state index contributed by atoms with van der Waals surface area (Å²) >= 11 is 1.06. The van der Waals surface area contributed by atoms with E-state index in [0.717, 1.165) is 23.3 Å². The number of sulfonamides is 1. The zero-order valence-corrected chi connectivity index (χ0v) is 19.6. The van der Waals surface area contributed by atoms with Crippen LogP contribution >= 0.6 is 11.3 Å². The van der Waals surface area contributed by atoms with E-state index in [9.17, 15) is 18.0 Å². The quantitative estimate of drug-likeness (QED) is 0.547. The molecule has 0 spiro atoms. The van der Waals surface area contributed by atoms with Gasteiger partial charge in [0.05, 0.1) is 27.8 Å². The van der Waals surface area contributed by atoms with Gasteiger partial charge in [-0.05, 0) is 36.8 Å². The van der Waals surface area contributed by atoms with Gasteiger partial charge in [-0.2, -0.15) is 4.31 Å². The average Bonchev–Trinajstić information content (AvgIpc) is 3.13. The van der Waals surface area contributed by atoms with Crippen LogP contribution in [0.2, 0.25) is 0 Å². The summed E-state index contributed by atoms with van der Waals surface area (Å²) in [6.07, 6.45) is 0.823. The Balaban J connectivity index is 1.51. The minimum Gasteiger partial charge on any atom is -0.496 e. The molecule has 3 aromatic rings. The molecule has 4 rings (SSSR count). The van der Waals surface area contributed by atoms with Gasteiger partial charge in [0.15, 0.2) is 0 Å². The van der Waals surface area contributed by atoms with Crippen molar-refractivity contribution in [3.8, 4) is 5.75 Å². The number of aromatic nitrogens is 1. The molecule has 0 bridgehead atoms. The summed E-state index contributed by atoms with van der Waals surface area (Å²) in [5, 5.41) is 0. The van der Waals surface area contributed by atoms with Gasteiger partial charge >= 0.3 is 4.87 Å². The maximum absolute atomic E-state index is 13.2. The highest BCUT2D eigenvalue weighted by Crippen LogP contribution is 2.26.